The van der Waals surface area contributed by atoms with Gasteiger partial charge in [-0.05, 0) is 53.8 Å². The number of nitrogens with one attached hydrogen (secondary N) is 3. The second-order valence-corrected chi connectivity index (χ2v) is 12.4. The molecular formula is C29H27FN6O2S2. The molecule has 11 heteroatoms. The molecule has 4 aromatic rings. The zero-order chi connectivity index (χ0) is 27.4. The van der Waals surface area contributed by atoms with Gasteiger partial charge in [0.15, 0.2) is 10.0 Å². The SMILES string of the molecule is Cc1c(NC(=O)c2nc3c(s2)CNCC3)cc(F)cc1-c1cccc2c1CCN2C(=O)c1nc2c(s1)CNCC2. The van der Waals surface area contributed by atoms with E-state index in [1.54, 1.807) is 4.90 Å². The quantitative estimate of drug-likeness (QED) is 0.333. The lowest BCUT2D eigenvalue weighted by atomic mass is 9.93. The van der Waals surface area contributed by atoms with E-state index >= 15 is 0 Å². The molecule has 0 saturated carbocycles. The number of rotatable bonds is 4. The van der Waals surface area contributed by atoms with Crippen molar-refractivity contribution in [3.05, 3.63) is 78.4 Å². The molecule has 204 valence electrons. The van der Waals surface area contributed by atoms with Gasteiger partial charge in [0.25, 0.3) is 11.8 Å². The van der Waals surface area contributed by atoms with Gasteiger partial charge in [-0.15, -0.1) is 22.7 Å². The lowest BCUT2D eigenvalue weighted by molar-refractivity contribution is 0.0987. The van der Waals surface area contributed by atoms with E-state index in [1.165, 1.54) is 34.8 Å². The molecule has 0 bridgehead atoms. The summed E-state index contributed by atoms with van der Waals surface area (Å²) < 4.78 is 15.0. The fourth-order valence-corrected chi connectivity index (χ4v) is 7.72. The smallest absolute Gasteiger partial charge is 0.287 e. The van der Waals surface area contributed by atoms with Crippen LogP contribution in [0.1, 0.15) is 51.9 Å². The van der Waals surface area contributed by atoms with E-state index in [0.717, 1.165) is 76.0 Å². The molecule has 0 radical (unpaired) electrons. The van der Waals surface area contributed by atoms with Crippen LogP contribution in [-0.4, -0.2) is 41.4 Å². The fourth-order valence-electron chi connectivity index (χ4n) is 5.72. The first-order chi connectivity index (χ1) is 19.5. The summed E-state index contributed by atoms with van der Waals surface area (Å²) in [4.78, 5) is 39.8. The van der Waals surface area contributed by atoms with Gasteiger partial charge < -0.3 is 20.9 Å². The maximum absolute atomic E-state index is 15.0. The highest BCUT2D eigenvalue weighted by molar-refractivity contribution is 7.14. The molecule has 3 N–H and O–H groups in total. The lowest BCUT2D eigenvalue weighted by Crippen LogP contribution is -2.28. The highest BCUT2D eigenvalue weighted by Crippen LogP contribution is 2.40. The van der Waals surface area contributed by atoms with Gasteiger partial charge in [0, 0.05) is 66.7 Å². The first-order valence-electron chi connectivity index (χ1n) is 13.4. The average molecular weight is 575 g/mol. The molecule has 0 unspecified atom stereocenters. The van der Waals surface area contributed by atoms with Crippen LogP contribution in [0.2, 0.25) is 0 Å². The molecule has 2 amide bonds. The molecular weight excluding hydrogens is 547 g/mol. The van der Waals surface area contributed by atoms with Crippen LogP contribution >= 0.6 is 22.7 Å². The Balaban J connectivity index is 1.19. The van der Waals surface area contributed by atoms with Crippen LogP contribution < -0.4 is 20.9 Å². The Hall–Kier alpha value is -3.51. The van der Waals surface area contributed by atoms with Crippen LogP contribution in [0.3, 0.4) is 0 Å². The minimum Gasteiger partial charge on any atom is -0.320 e. The fraction of sp³-hybridized carbons (Fsp3) is 0.310. The molecule has 0 saturated heterocycles. The van der Waals surface area contributed by atoms with Crippen molar-refractivity contribution in [1.82, 2.24) is 20.6 Å². The Labute approximate surface area is 238 Å². The van der Waals surface area contributed by atoms with Gasteiger partial charge in [0.05, 0.1) is 11.4 Å². The first kappa shape index (κ1) is 25.5. The highest BCUT2D eigenvalue weighted by Gasteiger charge is 2.31. The molecule has 8 nitrogen and oxygen atoms in total. The third kappa shape index (κ3) is 4.43. The van der Waals surface area contributed by atoms with Gasteiger partial charge in [-0.2, -0.15) is 0 Å². The maximum atomic E-state index is 15.0. The Morgan fingerprint density at radius 1 is 0.950 bits per heavy atom. The Morgan fingerprint density at radius 2 is 1.65 bits per heavy atom. The van der Waals surface area contributed by atoms with Crippen LogP contribution in [0.25, 0.3) is 11.1 Å². The van der Waals surface area contributed by atoms with E-state index in [1.807, 2.05) is 25.1 Å². The molecule has 0 fully saturated rings. The van der Waals surface area contributed by atoms with E-state index in [-0.39, 0.29) is 11.8 Å². The van der Waals surface area contributed by atoms with E-state index in [2.05, 4.69) is 25.9 Å². The number of anilines is 2. The number of benzene rings is 2. The molecule has 7 rings (SSSR count). The van der Waals surface area contributed by atoms with Crippen molar-refractivity contribution in [2.45, 2.75) is 39.3 Å². The van der Waals surface area contributed by atoms with E-state index in [9.17, 15) is 14.0 Å². The number of carbonyl (C=O) groups excluding carboxylic acids is 2. The summed E-state index contributed by atoms with van der Waals surface area (Å²) in [5.74, 6) is -0.875. The number of nitrogens with zero attached hydrogens (tertiary/aromatic N) is 3. The summed E-state index contributed by atoms with van der Waals surface area (Å²) in [6.07, 6.45) is 2.28. The third-order valence-corrected chi connectivity index (χ3v) is 9.95. The zero-order valence-corrected chi connectivity index (χ0v) is 23.5. The number of halogens is 1. The summed E-state index contributed by atoms with van der Waals surface area (Å²) in [5.41, 5.74) is 6.51. The molecule has 2 aromatic carbocycles. The normalized spacial score (nSPS) is 15.9. The van der Waals surface area contributed by atoms with Crippen molar-refractivity contribution >= 4 is 45.9 Å². The van der Waals surface area contributed by atoms with Gasteiger partial charge in [0.2, 0.25) is 0 Å². The van der Waals surface area contributed by atoms with Gasteiger partial charge in [0.1, 0.15) is 5.82 Å². The number of thiazole rings is 2. The number of hydrogen-bond donors (Lipinski definition) is 3. The Kier molecular flexibility index (Phi) is 6.46. The molecule has 2 aromatic heterocycles. The van der Waals surface area contributed by atoms with Crippen molar-refractivity contribution < 1.29 is 14.0 Å². The summed E-state index contributed by atoms with van der Waals surface area (Å²) in [6.45, 7) is 5.60. The Morgan fingerprint density at radius 3 is 2.38 bits per heavy atom. The molecule has 40 heavy (non-hydrogen) atoms. The third-order valence-electron chi connectivity index (χ3n) is 7.77. The van der Waals surface area contributed by atoms with Gasteiger partial charge in [-0.1, -0.05) is 12.1 Å². The summed E-state index contributed by atoms with van der Waals surface area (Å²) in [5, 5.41) is 10.4. The number of fused-ring (bicyclic) bond motifs is 3. The number of aromatic nitrogens is 2. The number of carbonyl (C=O) groups is 2. The predicted molar refractivity (Wildman–Crippen MR) is 155 cm³/mol. The van der Waals surface area contributed by atoms with E-state index < -0.39 is 5.82 Å². The molecule has 5 heterocycles. The summed E-state index contributed by atoms with van der Waals surface area (Å²) >= 11 is 2.84. The molecule has 0 spiro atoms. The first-order valence-corrected chi connectivity index (χ1v) is 15.0. The summed E-state index contributed by atoms with van der Waals surface area (Å²) in [7, 11) is 0. The largest absolute Gasteiger partial charge is 0.320 e. The predicted octanol–water partition coefficient (Wildman–Crippen LogP) is 4.46. The molecule has 0 atom stereocenters. The lowest BCUT2D eigenvalue weighted by Gasteiger charge is -2.18. The zero-order valence-electron chi connectivity index (χ0n) is 21.9. The van der Waals surface area contributed by atoms with Crippen LogP contribution in [-0.2, 0) is 32.4 Å². The summed E-state index contributed by atoms with van der Waals surface area (Å²) in [6, 6.07) is 8.64. The van der Waals surface area contributed by atoms with E-state index in [0.29, 0.717) is 40.8 Å². The van der Waals surface area contributed by atoms with Crippen molar-refractivity contribution in [2.75, 3.05) is 29.9 Å². The standard InChI is InChI=1S/C29H27FN6O2S2/c1-15-19(11-16(30)12-22(15)33-26(37)27-34-20-5-8-31-13-24(20)39-27)17-3-2-4-23-18(17)7-10-36(23)29(38)28-35-21-6-9-32-14-25(21)40-28/h2-4,11-12,31-32H,5-10,13-14H2,1H3,(H,33,37). The minimum absolute atomic E-state index is 0.0967. The van der Waals surface area contributed by atoms with Crippen LogP contribution in [0.15, 0.2) is 30.3 Å². The monoisotopic (exact) mass is 574 g/mol. The average Bonchev–Trinajstić information content (AvgIpc) is 3.70. The number of hydrogen-bond acceptors (Lipinski definition) is 8. The van der Waals surface area contributed by atoms with Crippen LogP contribution in [0.5, 0.6) is 0 Å². The number of amides is 2. The van der Waals surface area contributed by atoms with E-state index in [4.69, 9.17) is 0 Å². The van der Waals surface area contributed by atoms with Crippen molar-refractivity contribution in [2.24, 2.45) is 0 Å². The minimum atomic E-state index is -0.441. The maximum Gasteiger partial charge on any atom is 0.287 e. The second-order valence-electron chi connectivity index (χ2n) is 10.2. The Bertz CT molecular complexity index is 1630. The highest BCUT2D eigenvalue weighted by atomic mass is 32.1. The van der Waals surface area contributed by atoms with Crippen LogP contribution in [0.4, 0.5) is 15.8 Å². The van der Waals surface area contributed by atoms with Gasteiger partial charge in [-0.25, -0.2) is 14.4 Å². The van der Waals surface area contributed by atoms with Crippen molar-refractivity contribution in [1.29, 1.82) is 0 Å². The molecule has 0 aliphatic carbocycles. The second kappa shape index (κ2) is 10.2. The van der Waals surface area contributed by atoms with Gasteiger partial charge >= 0.3 is 0 Å². The molecule has 3 aliphatic rings. The van der Waals surface area contributed by atoms with Crippen molar-refractivity contribution in [3.8, 4) is 11.1 Å². The van der Waals surface area contributed by atoms with Crippen molar-refractivity contribution in [3.63, 3.8) is 0 Å². The van der Waals surface area contributed by atoms with Crippen LogP contribution in [0, 0.1) is 12.7 Å². The topological polar surface area (TPSA) is 99.3 Å². The van der Waals surface area contributed by atoms with Gasteiger partial charge in [-0.3, -0.25) is 9.59 Å². The molecule has 3 aliphatic heterocycles.